The first kappa shape index (κ1) is 13.8. The minimum absolute atomic E-state index is 0.0719. The van der Waals surface area contributed by atoms with Crippen LogP contribution in [0.1, 0.15) is 10.9 Å². The van der Waals surface area contributed by atoms with Gasteiger partial charge < -0.3 is 10.5 Å². The maximum Gasteiger partial charge on any atom is 0.238 e. The average molecular weight is 300 g/mol. The Morgan fingerprint density at radius 1 is 1.24 bits per heavy atom. The number of para-hydroxylation sites is 2. The number of nitrogens with two attached hydrogens (primary N) is 1. The van der Waals surface area contributed by atoms with Crippen LogP contribution in [0.5, 0.6) is 5.75 Å². The van der Waals surface area contributed by atoms with E-state index in [1.165, 1.54) is 0 Å². The molecule has 1 atom stereocenters. The number of benzene rings is 2. The van der Waals surface area contributed by atoms with Gasteiger partial charge >= 0.3 is 0 Å². The molecule has 3 rings (SSSR count). The maximum atomic E-state index is 12.3. The van der Waals surface area contributed by atoms with Crippen molar-refractivity contribution in [3.05, 3.63) is 54.1 Å². The summed E-state index contributed by atoms with van der Waals surface area (Å²) in [7, 11) is 1.61. The molecular weight excluding hydrogens is 284 g/mol. The Morgan fingerprint density at radius 2 is 2.05 bits per heavy atom. The lowest BCUT2D eigenvalue weighted by Crippen LogP contribution is -2.28. The van der Waals surface area contributed by atoms with Crippen molar-refractivity contribution in [2.24, 2.45) is 0 Å². The van der Waals surface area contributed by atoms with E-state index < -0.39 is 0 Å². The van der Waals surface area contributed by atoms with E-state index in [4.69, 9.17) is 10.5 Å². The molecule has 0 spiro atoms. The maximum absolute atomic E-state index is 12.3. The van der Waals surface area contributed by atoms with Crippen LogP contribution in [0, 0.1) is 0 Å². The zero-order valence-corrected chi connectivity index (χ0v) is 12.5. The van der Waals surface area contributed by atoms with Crippen LogP contribution in [0.25, 0.3) is 0 Å². The Balaban J connectivity index is 2.04. The molecule has 0 bridgehead atoms. The number of amides is 1. The van der Waals surface area contributed by atoms with Crippen LogP contribution in [-0.2, 0) is 4.79 Å². The van der Waals surface area contributed by atoms with Gasteiger partial charge in [0, 0.05) is 5.69 Å². The molecule has 1 amide bonds. The highest BCUT2D eigenvalue weighted by Crippen LogP contribution is 2.44. The van der Waals surface area contributed by atoms with E-state index in [1.54, 1.807) is 23.8 Å². The van der Waals surface area contributed by atoms with Crippen LogP contribution in [0.4, 0.5) is 11.4 Å². The smallest absolute Gasteiger partial charge is 0.238 e. The SMILES string of the molecule is COc1ccccc1N1C(=O)CS[C@@H]1c1cccc(N)c1. The number of carbonyl (C=O) groups is 1. The molecular formula is C16H16N2O2S. The predicted molar refractivity (Wildman–Crippen MR) is 86.5 cm³/mol. The molecule has 2 aromatic rings. The molecule has 1 saturated heterocycles. The van der Waals surface area contributed by atoms with Gasteiger partial charge in [-0.15, -0.1) is 11.8 Å². The summed E-state index contributed by atoms with van der Waals surface area (Å²) in [6.07, 6.45) is 0. The molecule has 1 fully saturated rings. The van der Waals surface area contributed by atoms with Gasteiger partial charge in [0.15, 0.2) is 0 Å². The van der Waals surface area contributed by atoms with E-state index in [1.807, 2.05) is 48.5 Å². The van der Waals surface area contributed by atoms with Crippen molar-refractivity contribution in [1.29, 1.82) is 0 Å². The summed E-state index contributed by atoms with van der Waals surface area (Å²) in [5, 5.41) is -0.0719. The zero-order valence-electron chi connectivity index (χ0n) is 11.7. The molecule has 0 aliphatic carbocycles. The second-order valence-corrected chi connectivity index (χ2v) is 5.84. The number of rotatable bonds is 3. The molecule has 0 radical (unpaired) electrons. The summed E-state index contributed by atoms with van der Waals surface area (Å²) >= 11 is 1.60. The zero-order chi connectivity index (χ0) is 14.8. The van der Waals surface area contributed by atoms with Crippen molar-refractivity contribution >= 4 is 29.0 Å². The highest BCUT2D eigenvalue weighted by molar-refractivity contribution is 8.00. The summed E-state index contributed by atoms with van der Waals surface area (Å²) < 4.78 is 5.39. The van der Waals surface area contributed by atoms with E-state index >= 15 is 0 Å². The summed E-state index contributed by atoms with van der Waals surface area (Å²) in [6.45, 7) is 0. The molecule has 0 saturated carbocycles. The quantitative estimate of drug-likeness (QED) is 0.885. The van der Waals surface area contributed by atoms with Crippen molar-refractivity contribution in [2.45, 2.75) is 5.37 Å². The molecule has 4 nitrogen and oxygen atoms in total. The van der Waals surface area contributed by atoms with Crippen molar-refractivity contribution < 1.29 is 9.53 Å². The van der Waals surface area contributed by atoms with Crippen LogP contribution in [-0.4, -0.2) is 18.8 Å². The molecule has 1 aliphatic rings. The molecule has 1 heterocycles. The standard InChI is InChI=1S/C16H16N2O2S/c1-20-14-8-3-2-7-13(14)18-15(19)10-21-16(18)11-5-4-6-12(17)9-11/h2-9,16H,10,17H2,1H3/t16-/m1/s1. The highest BCUT2D eigenvalue weighted by Gasteiger charge is 2.35. The van der Waals surface area contributed by atoms with Crippen LogP contribution in [0.3, 0.4) is 0 Å². The van der Waals surface area contributed by atoms with Gasteiger partial charge in [-0.1, -0.05) is 24.3 Å². The van der Waals surface area contributed by atoms with E-state index in [0.29, 0.717) is 17.2 Å². The van der Waals surface area contributed by atoms with Crippen LogP contribution >= 0.6 is 11.8 Å². The third-order valence-electron chi connectivity index (χ3n) is 3.41. The molecule has 5 heteroatoms. The normalized spacial score (nSPS) is 18.0. The topological polar surface area (TPSA) is 55.6 Å². The van der Waals surface area contributed by atoms with E-state index in [2.05, 4.69) is 0 Å². The monoisotopic (exact) mass is 300 g/mol. The van der Waals surface area contributed by atoms with Gasteiger partial charge in [-0.3, -0.25) is 9.69 Å². The largest absolute Gasteiger partial charge is 0.495 e. The number of nitrogen functional groups attached to an aromatic ring is 1. The first-order valence-electron chi connectivity index (χ1n) is 6.63. The van der Waals surface area contributed by atoms with Gasteiger partial charge in [-0.25, -0.2) is 0 Å². The fourth-order valence-corrected chi connectivity index (χ4v) is 3.63. The molecule has 0 aromatic heterocycles. The number of ether oxygens (including phenoxy) is 1. The minimum Gasteiger partial charge on any atom is -0.495 e. The molecule has 2 N–H and O–H groups in total. The molecule has 0 unspecified atom stereocenters. The van der Waals surface area contributed by atoms with Gasteiger partial charge in [-0.2, -0.15) is 0 Å². The lowest BCUT2D eigenvalue weighted by atomic mass is 10.1. The summed E-state index contributed by atoms with van der Waals surface area (Å²) in [6, 6.07) is 15.2. The number of anilines is 2. The van der Waals surface area contributed by atoms with E-state index in [-0.39, 0.29) is 11.3 Å². The van der Waals surface area contributed by atoms with E-state index in [0.717, 1.165) is 11.3 Å². The fourth-order valence-electron chi connectivity index (χ4n) is 2.47. The number of hydrogen-bond acceptors (Lipinski definition) is 4. The Hall–Kier alpha value is -2.14. The number of methoxy groups -OCH3 is 1. The number of carbonyl (C=O) groups excluding carboxylic acids is 1. The lowest BCUT2D eigenvalue weighted by molar-refractivity contribution is -0.115. The van der Waals surface area contributed by atoms with Gasteiger partial charge in [0.25, 0.3) is 0 Å². The van der Waals surface area contributed by atoms with Gasteiger partial charge in [0.1, 0.15) is 11.1 Å². The molecule has 1 aliphatic heterocycles. The van der Waals surface area contributed by atoms with Gasteiger partial charge in [0.2, 0.25) is 5.91 Å². The van der Waals surface area contributed by atoms with Crippen LogP contribution in [0.2, 0.25) is 0 Å². The van der Waals surface area contributed by atoms with Gasteiger partial charge in [-0.05, 0) is 29.8 Å². The van der Waals surface area contributed by atoms with Crippen LogP contribution < -0.4 is 15.4 Å². The molecule has 108 valence electrons. The first-order valence-corrected chi connectivity index (χ1v) is 7.67. The highest BCUT2D eigenvalue weighted by atomic mass is 32.2. The molecule has 21 heavy (non-hydrogen) atoms. The second kappa shape index (κ2) is 5.69. The van der Waals surface area contributed by atoms with Gasteiger partial charge in [0.05, 0.1) is 18.6 Å². The molecule has 2 aromatic carbocycles. The average Bonchev–Trinajstić information content (AvgIpc) is 2.89. The summed E-state index contributed by atoms with van der Waals surface area (Å²) in [5.74, 6) is 1.23. The summed E-state index contributed by atoms with van der Waals surface area (Å²) in [4.78, 5) is 14.1. The van der Waals surface area contributed by atoms with Crippen molar-refractivity contribution in [3.63, 3.8) is 0 Å². The number of thioether (sulfide) groups is 1. The number of nitrogens with zero attached hydrogens (tertiary/aromatic N) is 1. The van der Waals surface area contributed by atoms with E-state index in [9.17, 15) is 4.79 Å². The first-order chi connectivity index (χ1) is 10.2. The lowest BCUT2D eigenvalue weighted by Gasteiger charge is -2.26. The van der Waals surface area contributed by atoms with Crippen LogP contribution in [0.15, 0.2) is 48.5 Å². The Labute approximate surface area is 127 Å². The third kappa shape index (κ3) is 2.56. The number of hydrogen-bond donors (Lipinski definition) is 1. The minimum atomic E-state index is -0.0719. The Kier molecular flexibility index (Phi) is 3.75. The second-order valence-electron chi connectivity index (χ2n) is 4.77. The predicted octanol–water partition coefficient (Wildman–Crippen LogP) is 3.06. The van der Waals surface area contributed by atoms with Crippen molar-refractivity contribution in [3.8, 4) is 5.75 Å². The van der Waals surface area contributed by atoms with Crippen molar-refractivity contribution in [1.82, 2.24) is 0 Å². The Morgan fingerprint density at radius 3 is 2.81 bits per heavy atom. The Bertz CT molecular complexity index is 675. The third-order valence-corrected chi connectivity index (χ3v) is 4.62. The summed E-state index contributed by atoms with van der Waals surface area (Å²) in [5.41, 5.74) is 8.38. The van der Waals surface area contributed by atoms with Crippen molar-refractivity contribution in [2.75, 3.05) is 23.5 Å². The fraction of sp³-hybridized carbons (Fsp3) is 0.188.